The van der Waals surface area contributed by atoms with Gasteiger partial charge < -0.3 is 19.9 Å². The number of hydrogen-bond donors (Lipinski definition) is 2. The van der Waals surface area contributed by atoms with Gasteiger partial charge in [0, 0.05) is 19.6 Å². The molecule has 6 heteroatoms. The molecule has 0 saturated carbocycles. The van der Waals surface area contributed by atoms with Crippen molar-refractivity contribution in [2.45, 2.75) is 38.3 Å². The maximum absolute atomic E-state index is 11.8. The molecule has 0 radical (unpaired) electrons. The Morgan fingerprint density at radius 1 is 1.32 bits per heavy atom. The molecule has 1 aliphatic rings. The zero-order chi connectivity index (χ0) is 15.8. The molecular formula is C16H21NO5. The van der Waals surface area contributed by atoms with Crippen LogP contribution in [0.3, 0.4) is 0 Å². The van der Waals surface area contributed by atoms with Crippen LogP contribution in [0.4, 0.5) is 0 Å². The molecule has 2 N–H and O–H groups in total. The lowest BCUT2D eigenvalue weighted by Gasteiger charge is -2.11. The average molecular weight is 307 g/mol. The average Bonchev–Trinajstić information content (AvgIpc) is 3.04. The number of carbonyl (C=O) groups excluding carboxylic acids is 1. The Labute approximate surface area is 129 Å². The first-order chi connectivity index (χ1) is 10.6. The van der Waals surface area contributed by atoms with Gasteiger partial charge in [-0.2, -0.15) is 0 Å². The Balaban J connectivity index is 1.69. The van der Waals surface area contributed by atoms with Gasteiger partial charge in [-0.15, -0.1) is 0 Å². The molecule has 1 unspecified atom stereocenters. The summed E-state index contributed by atoms with van der Waals surface area (Å²) in [6.07, 6.45) is 2.00. The molecule has 1 aromatic rings. The van der Waals surface area contributed by atoms with Crippen LogP contribution >= 0.6 is 0 Å². The molecule has 2 rings (SSSR count). The van der Waals surface area contributed by atoms with Gasteiger partial charge >= 0.3 is 5.97 Å². The zero-order valence-corrected chi connectivity index (χ0v) is 12.4. The van der Waals surface area contributed by atoms with Crippen molar-refractivity contribution in [2.24, 2.45) is 0 Å². The van der Waals surface area contributed by atoms with Gasteiger partial charge in [0.2, 0.25) is 5.91 Å². The maximum atomic E-state index is 11.8. The highest BCUT2D eigenvalue weighted by atomic mass is 16.5. The predicted molar refractivity (Wildman–Crippen MR) is 79.6 cm³/mol. The Bertz CT molecular complexity index is 494. The third kappa shape index (κ3) is 5.37. The fraction of sp³-hybridized carbons (Fsp3) is 0.500. The second kappa shape index (κ2) is 8.38. The second-order valence-electron chi connectivity index (χ2n) is 5.21. The molecule has 0 spiro atoms. The van der Waals surface area contributed by atoms with E-state index in [4.69, 9.17) is 14.6 Å². The molecule has 1 aromatic carbocycles. The number of amides is 1. The van der Waals surface area contributed by atoms with Gasteiger partial charge in [-0.05, 0) is 37.0 Å². The highest BCUT2D eigenvalue weighted by Crippen LogP contribution is 2.14. The SMILES string of the molecule is O=C(O)CCCOc1ccc(CNC(=O)C2CCCO2)cc1. The molecule has 0 bridgehead atoms. The number of carboxylic acids is 1. The van der Waals surface area contributed by atoms with Crippen molar-refractivity contribution >= 4 is 11.9 Å². The minimum atomic E-state index is -0.819. The van der Waals surface area contributed by atoms with Crippen molar-refractivity contribution in [3.8, 4) is 5.75 Å². The van der Waals surface area contributed by atoms with Gasteiger partial charge in [0.05, 0.1) is 6.61 Å². The van der Waals surface area contributed by atoms with E-state index in [1.165, 1.54) is 0 Å². The number of carboxylic acid groups (broad SMARTS) is 1. The molecule has 1 fully saturated rings. The molecule has 1 saturated heterocycles. The number of nitrogens with one attached hydrogen (secondary N) is 1. The van der Waals surface area contributed by atoms with Gasteiger partial charge in [-0.1, -0.05) is 12.1 Å². The quantitative estimate of drug-likeness (QED) is 0.714. The standard InChI is InChI=1S/C16H21NO5/c18-15(19)4-2-9-21-13-7-5-12(6-8-13)11-17-16(20)14-3-1-10-22-14/h5-8,14H,1-4,9-11H2,(H,17,20)(H,18,19). The summed E-state index contributed by atoms with van der Waals surface area (Å²) in [5.41, 5.74) is 0.976. The Kier molecular flexibility index (Phi) is 6.21. The molecule has 1 aliphatic heterocycles. The van der Waals surface area contributed by atoms with E-state index in [2.05, 4.69) is 5.32 Å². The lowest BCUT2D eigenvalue weighted by atomic mass is 10.2. The first kappa shape index (κ1) is 16.3. The molecule has 6 nitrogen and oxygen atoms in total. The first-order valence-corrected chi connectivity index (χ1v) is 7.48. The van der Waals surface area contributed by atoms with Crippen LogP contribution < -0.4 is 10.1 Å². The van der Waals surface area contributed by atoms with Crippen LogP contribution in [0.1, 0.15) is 31.2 Å². The summed E-state index contributed by atoms with van der Waals surface area (Å²) in [7, 11) is 0. The first-order valence-electron chi connectivity index (χ1n) is 7.48. The highest BCUT2D eigenvalue weighted by molar-refractivity contribution is 5.80. The summed E-state index contributed by atoms with van der Waals surface area (Å²) in [4.78, 5) is 22.2. The van der Waals surface area contributed by atoms with E-state index in [0.717, 1.165) is 18.4 Å². The second-order valence-corrected chi connectivity index (χ2v) is 5.21. The van der Waals surface area contributed by atoms with Gasteiger partial charge in [0.15, 0.2) is 0 Å². The zero-order valence-electron chi connectivity index (χ0n) is 12.4. The number of rotatable bonds is 8. The Morgan fingerprint density at radius 2 is 2.09 bits per heavy atom. The van der Waals surface area contributed by atoms with Crippen LogP contribution in [0.5, 0.6) is 5.75 Å². The summed E-state index contributed by atoms with van der Waals surface area (Å²) in [6, 6.07) is 7.38. The van der Waals surface area contributed by atoms with E-state index >= 15 is 0 Å². The van der Waals surface area contributed by atoms with Crippen LogP contribution in [0.25, 0.3) is 0 Å². The monoisotopic (exact) mass is 307 g/mol. The van der Waals surface area contributed by atoms with Crippen molar-refractivity contribution in [3.63, 3.8) is 0 Å². The number of hydrogen-bond acceptors (Lipinski definition) is 4. The minimum Gasteiger partial charge on any atom is -0.494 e. The maximum Gasteiger partial charge on any atom is 0.303 e. The van der Waals surface area contributed by atoms with Crippen LogP contribution in [0.2, 0.25) is 0 Å². The van der Waals surface area contributed by atoms with E-state index in [0.29, 0.717) is 31.9 Å². The smallest absolute Gasteiger partial charge is 0.303 e. The van der Waals surface area contributed by atoms with E-state index < -0.39 is 5.97 Å². The normalized spacial score (nSPS) is 17.2. The summed E-state index contributed by atoms with van der Waals surface area (Å²) in [6.45, 7) is 1.49. The summed E-state index contributed by atoms with van der Waals surface area (Å²) < 4.78 is 10.8. The molecule has 120 valence electrons. The summed E-state index contributed by atoms with van der Waals surface area (Å²) in [5, 5.41) is 11.4. The summed E-state index contributed by atoms with van der Waals surface area (Å²) in [5.74, 6) is -0.188. The molecule has 1 heterocycles. The summed E-state index contributed by atoms with van der Waals surface area (Å²) >= 11 is 0. The van der Waals surface area contributed by atoms with Crippen molar-refractivity contribution in [1.29, 1.82) is 0 Å². The van der Waals surface area contributed by atoms with Gasteiger partial charge in [-0.3, -0.25) is 9.59 Å². The van der Waals surface area contributed by atoms with Crippen LogP contribution in [-0.4, -0.2) is 36.3 Å². The lowest BCUT2D eigenvalue weighted by molar-refractivity contribution is -0.137. The molecule has 1 amide bonds. The molecule has 0 aliphatic carbocycles. The molecular weight excluding hydrogens is 286 g/mol. The highest BCUT2D eigenvalue weighted by Gasteiger charge is 2.22. The van der Waals surface area contributed by atoms with E-state index in [1.54, 1.807) is 0 Å². The fourth-order valence-electron chi connectivity index (χ4n) is 2.20. The molecule has 22 heavy (non-hydrogen) atoms. The third-order valence-electron chi connectivity index (χ3n) is 3.42. The molecule has 0 aromatic heterocycles. The Morgan fingerprint density at radius 3 is 2.73 bits per heavy atom. The molecule has 1 atom stereocenters. The van der Waals surface area contributed by atoms with E-state index in [-0.39, 0.29) is 18.4 Å². The van der Waals surface area contributed by atoms with Crippen LogP contribution in [0.15, 0.2) is 24.3 Å². The predicted octanol–water partition coefficient (Wildman–Crippen LogP) is 1.73. The minimum absolute atomic E-state index is 0.0634. The van der Waals surface area contributed by atoms with Gasteiger partial charge in [0.1, 0.15) is 11.9 Å². The lowest BCUT2D eigenvalue weighted by Crippen LogP contribution is -2.33. The number of benzene rings is 1. The Hall–Kier alpha value is -2.08. The number of aliphatic carboxylic acids is 1. The van der Waals surface area contributed by atoms with Crippen molar-refractivity contribution in [3.05, 3.63) is 29.8 Å². The van der Waals surface area contributed by atoms with Crippen LogP contribution in [-0.2, 0) is 20.9 Å². The van der Waals surface area contributed by atoms with Crippen molar-refractivity contribution in [1.82, 2.24) is 5.32 Å². The van der Waals surface area contributed by atoms with Crippen molar-refractivity contribution < 1.29 is 24.2 Å². The number of carbonyl (C=O) groups is 2. The third-order valence-corrected chi connectivity index (χ3v) is 3.42. The van der Waals surface area contributed by atoms with Crippen molar-refractivity contribution in [2.75, 3.05) is 13.2 Å². The van der Waals surface area contributed by atoms with E-state index in [9.17, 15) is 9.59 Å². The number of ether oxygens (including phenoxy) is 2. The van der Waals surface area contributed by atoms with E-state index in [1.807, 2.05) is 24.3 Å². The van der Waals surface area contributed by atoms with Gasteiger partial charge in [-0.25, -0.2) is 0 Å². The van der Waals surface area contributed by atoms with Crippen LogP contribution in [0, 0.1) is 0 Å². The largest absolute Gasteiger partial charge is 0.494 e. The van der Waals surface area contributed by atoms with Gasteiger partial charge in [0.25, 0.3) is 0 Å². The topological polar surface area (TPSA) is 84.9 Å². The fourth-order valence-corrected chi connectivity index (χ4v) is 2.20.